The highest BCUT2D eigenvalue weighted by Crippen LogP contribution is 2.07. The van der Waals surface area contributed by atoms with E-state index in [1.807, 2.05) is 6.92 Å². The molecule has 0 bridgehead atoms. The van der Waals surface area contributed by atoms with Crippen molar-refractivity contribution in [3.8, 4) is 0 Å². The van der Waals surface area contributed by atoms with Crippen LogP contribution in [0, 0.1) is 5.82 Å². The molecule has 1 aromatic rings. The van der Waals surface area contributed by atoms with Gasteiger partial charge in [-0.15, -0.1) is 0 Å². The van der Waals surface area contributed by atoms with E-state index in [9.17, 15) is 9.18 Å². The predicted molar refractivity (Wildman–Crippen MR) is 58.0 cm³/mol. The van der Waals surface area contributed by atoms with Crippen LogP contribution in [0.4, 0.5) is 4.39 Å². The third kappa shape index (κ3) is 4.70. The number of benzene rings is 1. The number of hydrogen-bond donors (Lipinski definition) is 1. The van der Waals surface area contributed by atoms with E-state index in [1.165, 1.54) is 12.1 Å². The summed E-state index contributed by atoms with van der Waals surface area (Å²) in [6, 6.07) is 6.18. The van der Waals surface area contributed by atoms with E-state index in [0.717, 1.165) is 5.56 Å². The fraction of sp³-hybridized carbons (Fsp3) is 0.417. The van der Waals surface area contributed by atoms with Crippen LogP contribution in [-0.4, -0.2) is 11.8 Å². The van der Waals surface area contributed by atoms with Gasteiger partial charge in [0.2, 0.25) is 0 Å². The molecule has 2 nitrogen and oxygen atoms in total. The zero-order valence-corrected chi connectivity index (χ0v) is 8.87. The van der Waals surface area contributed by atoms with Gasteiger partial charge in [0.05, 0.1) is 0 Å². The fourth-order valence-electron chi connectivity index (χ4n) is 1.35. The van der Waals surface area contributed by atoms with Gasteiger partial charge in [0.1, 0.15) is 11.6 Å². The molecule has 0 saturated heterocycles. The second-order valence-corrected chi connectivity index (χ2v) is 3.86. The first-order chi connectivity index (χ1) is 7.08. The summed E-state index contributed by atoms with van der Waals surface area (Å²) in [7, 11) is 0. The largest absolute Gasteiger partial charge is 0.328 e. The lowest BCUT2D eigenvalue weighted by molar-refractivity contribution is -0.118. The van der Waals surface area contributed by atoms with Crippen molar-refractivity contribution in [1.82, 2.24) is 0 Å². The van der Waals surface area contributed by atoms with Crippen molar-refractivity contribution in [3.63, 3.8) is 0 Å². The van der Waals surface area contributed by atoms with Gasteiger partial charge in [-0.2, -0.15) is 0 Å². The Labute approximate surface area is 89.3 Å². The molecule has 1 atom stereocenters. The van der Waals surface area contributed by atoms with Crippen LogP contribution in [0.25, 0.3) is 0 Å². The number of rotatable bonds is 5. The Balaban J connectivity index is 2.44. The first-order valence-electron chi connectivity index (χ1n) is 5.09. The molecule has 0 aromatic heterocycles. The number of nitrogens with two attached hydrogens (primary N) is 1. The molecule has 0 aliphatic carbocycles. The molecule has 82 valence electrons. The van der Waals surface area contributed by atoms with E-state index in [1.54, 1.807) is 12.1 Å². The second-order valence-electron chi connectivity index (χ2n) is 3.86. The molecule has 15 heavy (non-hydrogen) atoms. The Morgan fingerprint density at radius 1 is 1.53 bits per heavy atom. The van der Waals surface area contributed by atoms with E-state index >= 15 is 0 Å². The molecule has 0 saturated carbocycles. The molecule has 1 rings (SSSR count). The molecule has 0 radical (unpaired) electrons. The standard InChI is InChI=1S/C12H16FNO/c1-9(14)5-6-12(15)8-10-3-2-4-11(13)7-10/h2-4,7,9H,5-6,8,14H2,1H3. The molecule has 1 aromatic carbocycles. The number of carbonyl (C=O) groups excluding carboxylic acids is 1. The highest BCUT2D eigenvalue weighted by Gasteiger charge is 2.05. The summed E-state index contributed by atoms with van der Waals surface area (Å²) < 4.78 is 12.8. The summed E-state index contributed by atoms with van der Waals surface area (Å²) in [4.78, 5) is 11.5. The predicted octanol–water partition coefficient (Wildman–Crippen LogP) is 2.06. The number of Topliss-reactive ketones (excluding diaryl/α,β-unsaturated/α-hetero) is 1. The first kappa shape index (κ1) is 11.9. The van der Waals surface area contributed by atoms with E-state index < -0.39 is 0 Å². The summed E-state index contributed by atoms with van der Waals surface area (Å²) in [6.07, 6.45) is 1.45. The average molecular weight is 209 g/mol. The van der Waals surface area contributed by atoms with Gasteiger partial charge in [0.15, 0.2) is 0 Å². The molecule has 2 N–H and O–H groups in total. The lowest BCUT2D eigenvalue weighted by Gasteiger charge is -2.04. The maximum Gasteiger partial charge on any atom is 0.137 e. The zero-order valence-electron chi connectivity index (χ0n) is 8.87. The van der Waals surface area contributed by atoms with E-state index in [0.29, 0.717) is 19.3 Å². The number of carbonyl (C=O) groups is 1. The topological polar surface area (TPSA) is 43.1 Å². The molecular weight excluding hydrogens is 193 g/mol. The van der Waals surface area contributed by atoms with Crippen LogP contribution in [-0.2, 0) is 11.2 Å². The summed E-state index contributed by atoms with van der Waals surface area (Å²) >= 11 is 0. The SMILES string of the molecule is CC(N)CCC(=O)Cc1cccc(F)c1. The van der Waals surface area contributed by atoms with Crippen LogP contribution < -0.4 is 5.73 Å². The molecule has 0 spiro atoms. The van der Waals surface area contributed by atoms with Crippen molar-refractivity contribution in [2.45, 2.75) is 32.2 Å². The lowest BCUT2D eigenvalue weighted by atomic mass is 10.0. The summed E-state index contributed by atoms with van der Waals surface area (Å²) in [6.45, 7) is 1.87. The quantitative estimate of drug-likeness (QED) is 0.806. The first-order valence-corrected chi connectivity index (χ1v) is 5.09. The third-order valence-corrected chi connectivity index (χ3v) is 2.17. The van der Waals surface area contributed by atoms with Crippen LogP contribution in [0.5, 0.6) is 0 Å². The highest BCUT2D eigenvalue weighted by molar-refractivity contribution is 5.80. The smallest absolute Gasteiger partial charge is 0.137 e. The fourth-order valence-corrected chi connectivity index (χ4v) is 1.35. The third-order valence-electron chi connectivity index (χ3n) is 2.17. The van der Waals surface area contributed by atoms with Crippen molar-refractivity contribution in [3.05, 3.63) is 35.6 Å². The average Bonchev–Trinajstić information content (AvgIpc) is 2.15. The molecular formula is C12H16FNO. The monoisotopic (exact) mass is 209 g/mol. The summed E-state index contributed by atoms with van der Waals surface area (Å²) in [5.41, 5.74) is 6.27. The molecule has 0 amide bonds. The number of ketones is 1. The van der Waals surface area contributed by atoms with Crippen LogP contribution in [0.1, 0.15) is 25.3 Å². The minimum absolute atomic E-state index is 0.0430. The van der Waals surface area contributed by atoms with Crippen molar-refractivity contribution in [2.24, 2.45) is 5.73 Å². The van der Waals surface area contributed by atoms with Gasteiger partial charge in [0, 0.05) is 18.9 Å². The normalized spacial score (nSPS) is 12.5. The Hall–Kier alpha value is -1.22. The Morgan fingerprint density at radius 3 is 2.87 bits per heavy atom. The van der Waals surface area contributed by atoms with E-state index in [2.05, 4.69) is 0 Å². The molecule has 1 unspecified atom stereocenters. The highest BCUT2D eigenvalue weighted by atomic mass is 19.1. The second kappa shape index (κ2) is 5.61. The van der Waals surface area contributed by atoms with Crippen LogP contribution in [0.15, 0.2) is 24.3 Å². The van der Waals surface area contributed by atoms with E-state index in [4.69, 9.17) is 5.73 Å². The Bertz CT molecular complexity index is 336. The van der Waals surface area contributed by atoms with E-state index in [-0.39, 0.29) is 17.6 Å². The Kier molecular flexibility index (Phi) is 4.43. The number of halogens is 1. The van der Waals surface area contributed by atoms with Crippen LogP contribution in [0.2, 0.25) is 0 Å². The summed E-state index contributed by atoms with van der Waals surface area (Å²) in [5.74, 6) is -0.189. The zero-order chi connectivity index (χ0) is 11.3. The van der Waals surface area contributed by atoms with Crippen molar-refractivity contribution in [1.29, 1.82) is 0 Å². The van der Waals surface area contributed by atoms with Gasteiger partial charge in [0.25, 0.3) is 0 Å². The molecule has 0 heterocycles. The molecule has 0 aliphatic rings. The van der Waals surface area contributed by atoms with Crippen molar-refractivity contribution >= 4 is 5.78 Å². The van der Waals surface area contributed by atoms with Crippen LogP contribution >= 0.6 is 0 Å². The molecule has 3 heteroatoms. The van der Waals surface area contributed by atoms with Crippen LogP contribution in [0.3, 0.4) is 0 Å². The van der Waals surface area contributed by atoms with Gasteiger partial charge in [-0.25, -0.2) is 4.39 Å². The molecule has 0 fully saturated rings. The van der Waals surface area contributed by atoms with Gasteiger partial charge < -0.3 is 5.73 Å². The lowest BCUT2D eigenvalue weighted by Crippen LogP contribution is -2.16. The molecule has 0 aliphatic heterocycles. The number of hydrogen-bond acceptors (Lipinski definition) is 2. The van der Waals surface area contributed by atoms with Crippen molar-refractivity contribution < 1.29 is 9.18 Å². The van der Waals surface area contributed by atoms with Gasteiger partial charge >= 0.3 is 0 Å². The Morgan fingerprint density at radius 2 is 2.27 bits per heavy atom. The van der Waals surface area contributed by atoms with Gasteiger partial charge in [-0.1, -0.05) is 12.1 Å². The minimum Gasteiger partial charge on any atom is -0.328 e. The van der Waals surface area contributed by atoms with Gasteiger partial charge in [-0.3, -0.25) is 4.79 Å². The van der Waals surface area contributed by atoms with Gasteiger partial charge in [-0.05, 0) is 31.0 Å². The minimum atomic E-state index is -0.299. The van der Waals surface area contributed by atoms with Crippen molar-refractivity contribution in [2.75, 3.05) is 0 Å². The maximum atomic E-state index is 12.8. The summed E-state index contributed by atoms with van der Waals surface area (Å²) in [5, 5.41) is 0. The maximum absolute atomic E-state index is 12.8.